The molecule has 1 heterocycles. The van der Waals surface area contributed by atoms with Crippen LogP contribution < -0.4 is 0 Å². The van der Waals surface area contributed by atoms with E-state index in [1.54, 1.807) is 6.92 Å². The number of β-amino-alcohol motifs (C(OH)–C–C–N with tert-alkyl or cyclic N) is 1. The molecule has 0 aromatic carbocycles. The molecule has 1 saturated carbocycles. The van der Waals surface area contributed by atoms with Crippen LogP contribution in [0.4, 0.5) is 13.2 Å². The highest BCUT2D eigenvalue weighted by Gasteiger charge is 2.42. The number of hydrogen-bond acceptors (Lipinski definition) is 4. The SMILES string of the molecule is C[C@@H]1[C@@H](O)[C@H](O)[C@@H](O)CN1CC[C@H]1CC[C@@H](C(F)(F)F)CC1. The zero-order valence-electron chi connectivity index (χ0n) is 12.8. The number of aliphatic hydroxyl groups is 3. The van der Waals surface area contributed by atoms with E-state index in [1.165, 1.54) is 0 Å². The van der Waals surface area contributed by atoms with Gasteiger partial charge >= 0.3 is 6.18 Å². The number of halogens is 3. The van der Waals surface area contributed by atoms with Crippen molar-refractivity contribution in [2.45, 2.75) is 69.6 Å². The summed E-state index contributed by atoms with van der Waals surface area (Å²) in [6.45, 7) is 2.71. The Balaban J connectivity index is 1.77. The van der Waals surface area contributed by atoms with Gasteiger partial charge in [-0.25, -0.2) is 0 Å². The highest BCUT2D eigenvalue weighted by Crippen LogP contribution is 2.40. The molecule has 4 atom stereocenters. The lowest BCUT2D eigenvalue weighted by atomic mass is 9.80. The van der Waals surface area contributed by atoms with Crippen molar-refractivity contribution in [1.29, 1.82) is 0 Å². The zero-order chi connectivity index (χ0) is 16.5. The van der Waals surface area contributed by atoms with Crippen LogP contribution >= 0.6 is 0 Å². The summed E-state index contributed by atoms with van der Waals surface area (Å²) in [6, 6.07) is -0.259. The molecule has 0 amide bonds. The van der Waals surface area contributed by atoms with Crippen molar-refractivity contribution in [2.24, 2.45) is 11.8 Å². The molecule has 0 radical (unpaired) electrons. The number of rotatable bonds is 3. The first-order chi connectivity index (χ1) is 10.2. The average Bonchev–Trinajstić information content (AvgIpc) is 2.47. The van der Waals surface area contributed by atoms with Crippen LogP contribution in [0.1, 0.15) is 39.0 Å². The van der Waals surface area contributed by atoms with Gasteiger partial charge in [0.05, 0.1) is 18.1 Å². The van der Waals surface area contributed by atoms with Crippen molar-refractivity contribution in [3.8, 4) is 0 Å². The maximum atomic E-state index is 12.6. The van der Waals surface area contributed by atoms with Crippen LogP contribution in [0.2, 0.25) is 0 Å². The molecule has 1 saturated heterocycles. The molecule has 2 rings (SSSR count). The lowest BCUT2D eigenvalue weighted by Gasteiger charge is -2.43. The summed E-state index contributed by atoms with van der Waals surface area (Å²) in [4.78, 5) is 1.91. The third kappa shape index (κ3) is 4.13. The van der Waals surface area contributed by atoms with E-state index in [0.29, 0.717) is 19.4 Å². The van der Waals surface area contributed by atoms with Gasteiger partial charge in [0.25, 0.3) is 0 Å². The number of likely N-dealkylation sites (tertiary alicyclic amines) is 1. The Labute approximate surface area is 128 Å². The van der Waals surface area contributed by atoms with E-state index in [2.05, 4.69) is 0 Å². The first kappa shape index (κ1) is 18.0. The number of piperidine rings is 1. The molecule has 0 unspecified atom stereocenters. The predicted molar refractivity (Wildman–Crippen MR) is 75.2 cm³/mol. The van der Waals surface area contributed by atoms with Crippen LogP contribution in [-0.4, -0.2) is 63.8 Å². The molecule has 130 valence electrons. The number of aliphatic hydroxyl groups excluding tert-OH is 3. The van der Waals surface area contributed by atoms with Crippen molar-refractivity contribution in [2.75, 3.05) is 13.1 Å². The summed E-state index contributed by atoms with van der Waals surface area (Å²) in [5.41, 5.74) is 0. The van der Waals surface area contributed by atoms with Crippen molar-refractivity contribution in [3.63, 3.8) is 0 Å². The predicted octanol–water partition coefficient (Wildman–Crippen LogP) is 1.53. The Hall–Kier alpha value is -0.370. The fourth-order valence-electron chi connectivity index (χ4n) is 3.67. The average molecular weight is 325 g/mol. The largest absolute Gasteiger partial charge is 0.391 e. The molecule has 0 bridgehead atoms. The molecular weight excluding hydrogens is 299 g/mol. The van der Waals surface area contributed by atoms with Gasteiger partial charge in [-0.05, 0) is 51.5 Å². The van der Waals surface area contributed by atoms with E-state index in [-0.39, 0.29) is 31.3 Å². The summed E-state index contributed by atoms with van der Waals surface area (Å²) in [6.07, 6.45) is -4.84. The van der Waals surface area contributed by atoms with Gasteiger partial charge in [0, 0.05) is 12.6 Å². The monoisotopic (exact) mass is 325 g/mol. The number of nitrogens with zero attached hydrogens (tertiary/aromatic N) is 1. The molecule has 2 aliphatic rings. The van der Waals surface area contributed by atoms with Gasteiger partial charge in [0.2, 0.25) is 0 Å². The van der Waals surface area contributed by atoms with Crippen LogP contribution in [0, 0.1) is 11.8 Å². The molecule has 0 aromatic heterocycles. The molecular formula is C15H26F3NO3. The van der Waals surface area contributed by atoms with Gasteiger partial charge in [-0.3, -0.25) is 4.90 Å². The molecule has 1 aliphatic heterocycles. The summed E-state index contributed by atoms with van der Waals surface area (Å²) in [5.74, 6) is -0.886. The Bertz CT molecular complexity index is 358. The van der Waals surface area contributed by atoms with Crippen LogP contribution in [0.5, 0.6) is 0 Å². The van der Waals surface area contributed by atoms with Gasteiger partial charge < -0.3 is 15.3 Å². The van der Waals surface area contributed by atoms with Crippen LogP contribution in [-0.2, 0) is 0 Å². The molecule has 1 aliphatic carbocycles. The van der Waals surface area contributed by atoms with Crippen LogP contribution in [0.3, 0.4) is 0 Å². The maximum Gasteiger partial charge on any atom is 0.391 e. The highest BCUT2D eigenvalue weighted by atomic mass is 19.4. The molecule has 22 heavy (non-hydrogen) atoms. The first-order valence-corrected chi connectivity index (χ1v) is 8.05. The minimum Gasteiger partial charge on any atom is -0.389 e. The first-order valence-electron chi connectivity index (χ1n) is 8.05. The Kier molecular flexibility index (Phi) is 5.74. The Morgan fingerprint density at radius 3 is 2.14 bits per heavy atom. The Morgan fingerprint density at radius 2 is 1.59 bits per heavy atom. The summed E-state index contributed by atoms with van der Waals surface area (Å²) in [7, 11) is 0. The van der Waals surface area contributed by atoms with E-state index in [9.17, 15) is 28.5 Å². The maximum absolute atomic E-state index is 12.6. The smallest absolute Gasteiger partial charge is 0.389 e. The van der Waals surface area contributed by atoms with Crippen LogP contribution in [0.15, 0.2) is 0 Å². The molecule has 7 heteroatoms. The van der Waals surface area contributed by atoms with Crippen molar-refractivity contribution < 1.29 is 28.5 Å². The lowest BCUT2D eigenvalue weighted by molar-refractivity contribution is -0.184. The third-order valence-corrected chi connectivity index (χ3v) is 5.37. The summed E-state index contributed by atoms with van der Waals surface area (Å²) in [5, 5.41) is 29.2. The molecule has 0 aromatic rings. The second-order valence-corrected chi connectivity index (χ2v) is 6.83. The van der Waals surface area contributed by atoms with Crippen molar-refractivity contribution in [1.82, 2.24) is 4.90 Å². The van der Waals surface area contributed by atoms with Gasteiger partial charge in [0.15, 0.2) is 0 Å². The van der Waals surface area contributed by atoms with Crippen LogP contribution in [0.25, 0.3) is 0 Å². The fraction of sp³-hybridized carbons (Fsp3) is 1.00. The number of alkyl halides is 3. The minimum atomic E-state index is -4.07. The molecule has 3 N–H and O–H groups in total. The number of hydrogen-bond donors (Lipinski definition) is 3. The van der Waals surface area contributed by atoms with E-state index < -0.39 is 30.4 Å². The van der Waals surface area contributed by atoms with E-state index in [4.69, 9.17) is 0 Å². The molecule has 0 spiro atoms. The standard InChI is InChI=1S/C15H26F3NO3/c1-9-13(21)14(22)12(20)8-19(9)7-6-10-2-4-11(5-3-10)15(16,17)18/h9-14,20-22H,2-8H2,1H3/t9-,10-,11+,12+,13-,14-/m1/s1. The van der Waals surface area contributed by atoms with Gasteiger partial charge in [-0.2, -0.15) is 13.2 Å². The van der Waals surface area contributed by atoms with Gasteiger partial charge in [-0.1, -0.05) is 0 Å². The van der Waals surface area contributed by atoms with E-state index in [1.807, 2.05) is 4.90 Å². The summed E-state index contributed by atoms with van der Waals surface area (Å²) >= 11 is 0. The molecule has 4 nitrogen and oxygen atoms in total. The van der Waals surface area contributed by atoms with Gasteiger partial charge in [0.1, 0.15) is 6.10 Å². The Morgan fingerprint density at radius 1 is 1.00 bits per heavy atom. The fourth-order valence-corrected chi connectivity index (χ4v) is 3.67. The molecule has 2 fully saturated rings. The summed E-state index contributed by atoms with van der Waals surface area (Å²) < 4.78 is 37.9. The minimum absolute atomic E-state index is 0.202. The lowest BCUT2D eigenvalue weighted by Crippen LogP contribution is -2.60. The van der Waals surface area contributed by atoms with E-state index in [0.717, 1.165) is 6.42 Å². The topological polar surface area (TPSA) is 63.9 Å². The van der Waals surface area contributed by atoms with Crippen molar-refractivity contribution in [3.05, 3.63) is 0 Å². The zero-order valence-corrected chi connectivity index (χ0v) is 12.8. The third-order valence-electron chi connectivity index (χ3n) is 5.37. The second kappa shape index (κ2) is 7.03. The van der Waals surface area contributed by atoms with Crippen molar-refractivity contribution >= 4 is 0 Å². The van der Waals surface area contributed by atoms with Gasteiger partial charge in [-0.15, -0.1) is 0 Å². The highest BCUT2D eigenvalue weighted by molar-refractivity contribution is 4.92. The normalized spacial score (nSPS) is 41.6. The second-order valence-electron chi connectivity index (χ2n) is 6.83. The quantitative estimate of drug-likeness (QED) is 0.736. The van der Waals surface area contributed by atoms with E-state index >= 15 is 0 Å².